The summed E-state index contributed by atoms with van der Waals surface area (Å²) in [4.78, 5) is 18.3. The highest BCUT2D eigenvalue weighted by molar-refractivity contribution is 7.09. The van der Waals surface area contributed by atoms with Gasteiger partial charge in [0.05, 0.1) is 10.7 Å². The van der Waals surface area contributed by atoms with Gasteiger partial charge in [0.25, 0.3) is 0 Å². The molecule has 1 aromatic carbocycles. The molecule has 0 atom stereocenters. The van der Waals surface area contributed by atoms with Crippen LogP contribution in [0, 0.1) is 6.92 Å². The predicted octanol–water partition coefficient (Wildman–Crippen LogP) is 4.24. The zero-order valence-electron chi connectivity index (χ0n) is 14.4. The SMILES string of the molecule is C=CCN(CC=C)C(=O)/C=C/c1ccccc1OCc1csc(C)n1. The van der Waals surface area contributed by atoms with E-state index in [0.717, 1.165) is 22.0 Å². The molecule has 0 aliphatic rings. The van der Waals surface area contributed by atoms with Crippen molar-refractivity contribution in [3.8, 4) is 5.75 Å². The second-order valence-corrected chi connectivity index (χ2v) is 6.40. The number of nitrogens with zero attached hydrogens (tertiary/aromatic N) is 2. The molecule has 0 radical (unpaired) electrons. The molecular formula is C20H22N2O2S. The number of aromatic nitrogens is 1. The highest BCUT2D eigenvalue weighted by Crippen LogP contribution is 2.21. The van der Waals surface area contributed by atoms with Crippen LogP contribution in [0.2, 0.25) is 0 Å². The van der Waals surface area contributed by atoms with E-state index in [4.69, 9.17) is 4.74 Å². The molecule has 1 amide bonds. The van der Waals surface area contributed by atoms with Crippen molar-refractivity contribution in [2.75, 3.05) is 13.1 Å². The van der Waals surface area contributed by atoms with Gasteiger partial charge >= 0.3 is 0 Å². The summed E-state index contributed by atoms with van der Waals surface area (Å²) in [7, 11) is 0. The summed E-state index contributed by atoms with van der Waals surface area (Å²) in [6.45, 7) is 10.7. The Hall–Kier alpha value is -2.66. The van der Waals surface area contributed by atoms with Crippen molar-refractivity contribution in [2.45, 2.75) is 13.5 Å². The summed E-state index contributed by atoms with van der Waals surface area (Å²) in [5.41, 5.74) is 1.75. The monoisotopic (exact) mass is 354 g/mol. The molecule has 2 rings (SSSR count). The molecule has 0 aliphatic heterocycles. The topological polar surface area (TPSA) is 42.4 Å². The molecule has 5 heteroatoms. The lowest BCUT2D eigenvalue weighted by Crippen LogP contribution is -2.29. The third kappa shape index (κ3) is 5.72. The molecule has 0 saturated heterocycles. The third-order valence-corrected chi connectivity index (χ3v) is 4.20. The van der Waals surface area contributed by atoms with Crippen LogP contribution in [0.3, 0.4) is 0 Å². The van der Waals surface area contributed by atoms with Crippen molar-refractivity contribution in [1.29, 1.82) is 0 Å². The maximum absolute atomic E-state index is 12.3. The van der Waals surface area contributed by atoms with Gasteiger partial charge in [-0.25, -0.2) is 4.98 Å². The van der Waals surface area contributed by atoms with Crippen LogP contribution < -0.4 is 4.74 Å². The first kappa shape index (κ1) is 18.7. The first-order chi connectivity index (χ1) is 12.1. The van der Waals surface area contributed by atoms with Crippen LogP contribution >= 0.6 is 11.3 Å². The Morgan fingerprint density at radius 3 is 2.64 bits per heavy atom. The molecule has 1 heterocycles. The lowest BCUT2D eigenvalue weighted by molar-refractivity contribution is -0.124. The van der Waals surface area contributed by atoms with E-state index in [9.17, 15) is 4.79 Å². The summed E-state index contributed by atoms with van der Waals surface area (Å²) < 4.78 is 5.86. The van der Waals surface area contributed by atoms with E-state index >= 15 is 0 Å². The average Bonchev–Trinajstić information content (AvgIpc) is 3.03. The molecule has 0 aliphatic carbocycles. The number of carbonyl (C=O) groups excluding carboxylic acids is 1. The first-order valence-electron chi connectivity index (χ1n) is 7.95. The molecule has 0 unspecified atom stereocenters. The first-order valence-corrected chi connectivity index (χ1v) is 8.83. The highest BCUT2D eigenvalue weighted by atomic mass is 32.1. The Morgan fingerprint density at radius 1 is 1.28 bits per heavy atom. The van der Waals surface area contributed by atoms with E-state index in [0.29, 0.717) is 19.7 Å². The van der Waals surface area contributed by atoms with Crippen LogP contribution in [-0.2, 0) is 11.4 Å². The van der Waals surface area contributed by atoms with E-state index in [1.54, 1.807) is 40.5 Å². The predicted molar refractivity (Wildman–Crippen MR) is 104 cm³/mol. The average molecular weight is 354 g/mol. The number of carbonyl (C=O) groups is 1. The fourth-order valence-corrected chi connectivity index (χ4v) is 2.81. The number of thiazole rings is 1. The van der Waals surface area contributed by atoms with E-state index in [1.807, 2.05) is 36.6 Å². The molecule has 25 heavy (non-hydrogen) atoms. The lowest BCUT2D eigenvalue weighted by atomic mass is 10.2. The molecule has 0 fully saturated rings. The largest absolute Gasteiger partial charge is 0.487 e. The van der Waals surface area contributed by atoms with Crippen LogP contribution in [-0.4, -0.2) is 28.9 Å². The second kappa shape index (κ2) is 9.59. The zero-order valence-corrected chi connectivity index (χ0v) is 15.2. The maximum Gasteiger partial charge on any atom is 0.247 e. The highest BCUT2D eigenvalue weighted by Gasteiger charge is 2.08. The van der Waals surface area contributed by atoms with Crippen molar-refractivity contribution in [3.63, 3.8) is 0 Å². The van der Waals surface area contributed by atoms with Crippen molar-refractivity contribution in [1.82, 2.24) is 9.88 Å². The third-order valence-electron chi connectivity index (χ3n) is 3.38. The van der Waals surface area contributed by atoms with Crippen molar-refractivity contribution >= 4 is 23.3 Å². The lowest BCUT2D eigenvalue weighted by Gasteiger charge is -2.17. The number of rotatable bonds is 9. The Bertz CT molecular complexity index is 755. The normalized spacial score (nSPS) is 10.6. The molecule has 130 valence electrons. The standard InChI is InChI=1S/C20H22N2O2S/c1-4-12-22(13-5-2)20(23)11-10-17-8-6-7-9-19(17)24-14-18-15-25-16(3)21-18/h4-11,15H,1-2,12-14H2,3H3/b11-10+. The number of benzene rings is 1. The van der Waals surface area contributed by atoms with Crippen LogP contribution in [0.1, 0.15) is 16.3 Å². The fraction of sp³-hybridized carbons (Fsp3) is 0.200. The number of aryl methyl sites for hydroxylation is 1. The molecule has 2 aromatic rings. The molecular weight excluding hydrogens is 332 g/mol. The van der Waals surface area contributed by atoms with Crippen LogP contribution in [0.5, 0.6) is 5.75 Å². The van der Waals surface area contributed by atoms with Gasteiger partial charge in [-0.1, -0.05) is 30.4 Å². The summed E-state index contributed by atoms with van der Waals surface area (Å²) in [6.07, 6.45) is 6.70. The number of para-hydroxylation sites is 1. The zero-order chi connectivity index (χ0) is 18.1. The van der Waals surface area contributed by atoms with E-state index in [-0.39, 0.29) is 5.91 Å². The quantitative estimate of drug-likeness (QED) is 0.499. The Morgan fingerprint density at radius 2 is 2.00 bits per heavy atom. The fourth-order valence-electron chi connectivity index (χ4n) is 2.21. The Balaban J connectivity index is 2.07. The number of hydrogen-bond acceptors (Lipinski definition) is 4. The van der Waals surface area contributed by atoms with Gasteiger partial charge in [-0.2, -0.15) is 0 Å². The van der Waals surface area contributed by atoms with Crippen molar-refractivity contribution in [3.05, 3.63) is 77.3 Å². The number of hydrogen-bond donors (Lipinski definition) is 0. The smallest absolute Gasteiger partial charge is 0.247 e. The van der Waals surface area contributed by atoms with E-state index in [1.165, 1.54) is 0 Å². The van der Waals surface area contributed by atoms with Gasteiger partial charge in [0.1, 0.15) is 12.4 Å². The van der Waals surface area contributed by atoms with Crippen molar-refractivity contribution < 1.29 is 9.53 Å². The Kier molecular flexibility index (Phi) is 7.16. The number of ether oxygens (including phenoxy) is 1. The van der Waals surface area contributed by atoms with Gasteiger partial charge in [-0.3, -0.25) is 4.79 Å². The summed E-state index contributed by atoms with van der Waals surface area (Å²) in [5, 5.41) is 3.00. The molecule has 0 spiro atoms. The minimum absolute atomic E-state index is 0.0928. The van der Waals surface area contributed by atoms with Gasteiger partial charge in [0.15, 0.2) is 0 Å². The molecule has 0 N–H and O–H groups in total. The van der Waals surface area contributed by atoms with E-state index in [2.05, 4.69) is 18.1 Å². The molecule has 0 bridgehead atoms. The van der Waals surface area contributed by atoms with Gasteiger partial charge in [0, 0.05) is 30.1 Å². The number of amides is 1. The van der Waals surface area contributed by atoms with Crippen molar-refractivity contribution in [2.24, 2.45) is 0 Å². The van der Waals surface area contributed by atoms with Crippen LogP contribution in [0.15, 0.2) is 61.0 Å². The Labute approximate surface area is 152 Å². The minimum Gasteiger partial charge on any atom is -0.487 e. The van der Waals surface area contributed by atoms with E-state index < -0.39 is 0 Å². The van der Waals surface area contributed by atoms with Gasteiger partial charge < -0.3 is 9.64 Å². The molecule has 0 saturated carbocycles. The molecule has 1 aromatic heterocycles. The van der Waals surface area contributed by atoms with Crippen LogP contribution in [0.25, 0.3) is 6.08 Å². The van der Waals surface area contributed by atoms with Gasteiger partial charge in [0.2, 0.25) is 5.91 Å². The minimum atomic E-state index is -0.0928. The van der Waals surface area contributed by atoms with Crippen LogP contribution in [0.4, 0.5) is 0 Å². The summed E-state index contributed by atoms with van der Waals surface area (Å²) in [6, 6.07) is 7.61. The molecule has 4 nitrogen and oxygen atoms in total. The maximum atomic E-state index is 12.3. The van der Waals surface area contributed by atoms with Gasteiger partial charge in [-0.15, -0.1) is 24.5 Å². The second-order valence-electron chi connectivity index (χ2n) is 5.34. The van der Waals surface area contributed by atoms with Gasteiger partial charge in [-0.05, 0) is 19.1 Å². The summed E-state index contributed by atoms with van der Waals surface area (Å²) >= 11 is 1.60. The summed E-state index contributed by atoms with van der Waals surface area (Å²) in [5.74, 6) is 0.626.